The summed E-state index contributed by atoms with van der Waals surface area (Å²) in [7, 11) is 3.75. The normalized spacial score (nSPS) is 18.8. The van der Waals surface area contributed by atoms with Crippen molar-refractivity contribution in [2.75, 3.05) is 32.6 Å². The number of anilines is 1. The summed E-state index contributed by atoms with van der Waals surface area (Å²) < 4.78 is 2.19. The van der Waals surface area contributed by atoms with Gasteiger partial charge in [0.15, 0.2) is 17.0 Å². The fraction of sp³-hybridized carbons (Fsp3) is 0.762. The molecule has 0 unspecified atom stereocenters. The molecule has 0 spiro atoms. The number of hydrogen-bond acceptors (Lipinski definition) is 6. The zero-order valence-electron chi connectivity index (χ0n) is 18.1. The maximum absolute atomic E-state index is 6.24. The van der Waals surface area contributed by atoms with Crippen molar-refractivity contribution < 1.29 is 0 Å². The van der Waals surface area contributed by atoms with E-state index < -0.39 is 0 Å². The SMILES string of the molecule is CCCCC1CCN(Nc2nc(Cl)nc3c2ncn3C2CCCC2)CC1.CNC. The summed E-state index contributed by atoms with van der Waals surface area (Å²) in [6.45, 7) is 4.35. The Balaban J connectivity index is 0.000000755. The molecule has 0 atom stereocenters. The Kier molecular flexibility index (Phi) is 8.51. The molecule has 2 N–H and O–H groups in total. The molecule has 1 saturated carbocycles. The van der Waals surface area contributed by atoms with Gasteiger partial charge < -0.3 is 15.3 Å². The highest BCUT2D eigenvalue weighted by Gasteiger charge is 2.23. The van der Waals surface area contributed by atoms with Crippen LogP contribution in [0.25, 0.3) is 11.2 Å². The highest BCUT2D eigenvalue weighted by Crippen LogP contribution is 2.33. The summed E-state index contributed by atoms with van der Waals surface area (Å²) in [6.07, 6.45) is 13.3. The van der Waals surface area contributed by atoms with Gasteiger partial charge in [0, 0.05) is 19.1 Å². The minimum Gasteiger partial charge on any atom is -0.323 e. The molecule has 7 nitrogen and oxygen atoms in total. The van der Waals surface area contributed by atoms with Gasteiger partial charge in [0.2, 0.25) is 5.28 Å². The second-order valence-electron chi connectivity index (χ2n) is 8.29. The minimum atomic E-state index is 0.289. The molecule has 0 radical (unpaired) electrons. The van der Waals surface area contributed by atoms with Crippen LogP contribution in [0.5, 0.6) is 0 Å². The number of hydrazine groups is 1. The van der Waals surface area contributed by atoms with Gasteiger partial charge >= 0.3 is 0 Å². The lowest BCUT2D eigenvalue weighted by Crippen LogP contribution is -2.38. The number of hydrogen-bond donors (Lipinski definition) is 2. The standard InChI is InChI=1S/C19H29ClN6.C2H7N/c1-2-3-6-14-9-11-25(12-10-14)24-17-16-18(23-19(20)22-17)26(13-21-16)15-7-4-5-8-15;1-3-2/h13-15H,2-12H2,1H3,(H,22,23,24);3H,1-2H3. The first kappa shape index (κ1) is 22.2. The van der Waals surface area contributed by atoms with Crippen molar-refractivity contribution >= 4 is 28.6 Å². The smallest absolute Gasteiger partial charge is 0.226 e. The number of aromatic nitrogens is 4. The fourth-order valence-corrected chi connectivity index (χ4v) is 4.56. The van der Waals surface area contributed by atoms with Gasteiger partial charge in [-0.25, -0.2) is 9.99 Å². The number of imidazole rings is 1. The topological polar surface area (TPSA) is 70.9 Å². The van der Waals surface area contributed by atoms with Crippen molar-refractivity contribution in [3.63, 3.8) is 0 Å². The number of piperidine rings is 1. The van der Waals surface area contributed by atoms with Crippen LogP contribution in [0, 0.1) is 5.92 Å². The van der Waals surface area contributed by atoms with Crippen LogP contribution in [0.15, 0.2) is 6.33 Å². The lowest BCUT2D eigenvalue weighted by atomic mass is 9.92. The maximum Gasteiger partial charge on any atom is 0.226 e. The molecule has 1 aliphatic heterocycles. The van der Waals surface area contributed by atoms with Gasteiger partial charge in [-0.3, -0.25) is 0 Å². The Bertz CT molecular complexity index is 749. The average molecular weight is 422 g/mol. The summed E-state index contributed by atoms with van der Waals surface area (Å²) in [6, 6.07) is 0.494. The largest absolute Gasteiger partial charge is 0.323 e. The third-order valence-electron chi connectivity index (χ3n) is 5.96. The molecule has 162 valence electrons. The van der Waals surface area contributed by atoms with E-state index in [4.69, 9.17) is 11.6 Å². The number of rotatable bonds is 6. The number of nitrogens with zero attached hydrogens (tertiary/aromatic N) is 5. The van der Waals surface area contributed by atoms with Gasteiger partial charge in [0.25, 0.3) is 0 Å². The molecular weight excluding hydrogens is 386 g/mol. The Morgan fingerprint density at radius 1 is 1.10 bits per heavy atom. The number of unbranched alkanes of at least 4 members (excludes halogenated alkanes) is 1. The van der Waals surface area contributed by atoms with E-state index in [9.17, 15) is 0 Å². The third kappa shape index (κ3) is 5.80. The first-order chi connectivity index (χ1) is 14.2. The van der Waals surface area contributed by atoms with Crippen molar-refractivity contribution in [1.29, 1.82) is 0 Å². The summed E-state index contributed by atoms with van der Waals surface area (Å²) >= 11 is 6.24. The minimum absolute atomic E-state index is 0.289. The monoisotopic (exact) mass is 421 g/mol. The van der Waals surface area contributed by atoms with Crippen LogP contribution in [0.3, 0.4) is 0 Å². The number of fused-ring (bicyclic) bond motifs is 1. The number of nitrogens with one attached hydrogen (secondary N) is 2. The van der Waals surface area contributed by atoms with Crippen molar-refractivity contribution in [3.05, 3.63) is 11.6 Å². The molecule has 29 heavy (non-hydrogen) atoms. The van der Waals surface area contributed by atoms with Crippen molar-refractivity contribution in [2.45, 2.75) is 70.8 Å². The fourth-order valence-electron chi connectivity index (χ4n) is 4.39. The third-order valence-corrected chi connectivity index (χ3v) is 6.13. The Morgan fingerprint density at radius 2 is 1.79 bits per heavy atom. The van der Waals surface area contributed by atoms with Gasteiger partial charge in [-0.15, -0.1) is 0 Å². The summed E-state index contributed by atoms with van der Waals surface area (Å²) in [5.41, 5.74) is 5.15. The summed E-state index contributed by atoms with van der Waals surface area (Å²) in [5, 5.41) is 5.30. The van der Waals surface area contributed by atoms with Crippen LogP contribution in [-0.4, -0.2) is 51.7 Å². The van der Waals surface area contributed by atoms with Crippen LogP contribution in [0.4, 0.5) is 5.82 Å². The zero-order valence-corrected chi connectivity index (χ0v) is 18.9. The van der Waals surface area contributed by atoms with Crippen LogP contribution in [0.1, 0.15) is 70.8 Å². The van der Waals surface area contributed by atoms with E-state index in [-0.39, 0.29) is 5.28 Å². The van der Waals surface area contributed by atoms with Gasteiger partial charge in [-0.05, 0) is 57.3 Å². The van der Waals surface area contributed by atoms with E-state index >= 15 is 0 Å². The van der Waals surface area contributed by atoms with E-state index in [1.54, 1.807) is 0 Å². The van der Waals surface area contributed by atoms with Gasteiger partial charge in [-0.2, -0.15) is 9.97 Å². The quantitative estimate of drug-likeness (QED) is 0.661. The molecule has 0 aromatic carbocycles. The van der Waals surface area contributed by atoms with Gasteiger partial charge in [0.1, 0.15) is 0 Å². The molecule has 8 heteroatoms. The molecule has 3 heterocycles. The molecule has 2 aliphatic rings. The molecule has 1 aliphatic carbocycles. The van der Waals surface area contributed by atoms with Crippen LogP contribution in [0.2, 0.25) is 5.28 Å². The predicted molar refractivity (Wildman–Crippen MR) is 120 cm³/mol. The zero-order chi connectivity index (χ0) is 20.6. The van der Waals surface area contributed by atoms with Crippen molar-refractivity contribution in [3.8, 4) is 0 Å². The second-order valence-corrected chi connectivity index (χ2v) is 8.63. The molecule has 4 rings (SSSR count). The molecular formula is C21H36ClN7. The molecule has 2 aromatic rings. The van der Waals surface area contributed by atoms with Crippen LogP contribution in [-0.2, 0) is 0 Å². The van der Waals surface area contributed by atoms with E-state index in [1.165, 1.54) is 57.8 Å². The molecule has 1 saturated heterocycles. The maximum atomic E-state index is 6.24. The van der Waals surface area contributed by atoms with Gasteiger partial charge in [0.05, 0.1) is 6.33 Å². The van der Waals surface area contributed by atoms with Crippen molar-refractivity contribution in [2.24, 2.45) is 5.92 Å². The lowest BCUT2D eigenvalue weighted by molar-refractivity contribution is 0.207. The van der Waals surface area contributed by atoms with E-state index in [1.807, 2.05) is 20.4 Å². The summed E-state index contributed by atoms with van der Waals surface area (Å²) in [4.78, 5) is 13.5. The average Bonchev–Trinajstić information content (AvgIpc) is 3.37. The van der Waals surface area contributed by atoms with Crippen LogP contribution < -0.4 is 10.7 Å². The first-order valence-corrected chi connectivity index (χ1v) is 11.5. The Hall–Kier alpha value is -1.44. The van der Waals surface area contributed by atoms with Crippen LogP contribution >= 0.6 is 11.6 Å². The van der Waals surface area contributed by atoms with Crippen molar-refractivity contribution in [1.82, 2.24) is 29.8 Å². The van der Waals surface area contributed by atoms with E-state index in [0.717, 1.165) is 36.0 Å². The Morgan fingerprint density at radius 3 is 2.45 bits per heavy atom. The molecule has 0 amide bonds. The van der Waals surface area contributed by atoms with E-state index in [0.29, 0.717) is 6.04 Å². The summed E-state index contributed by atoms with van der Waals surface area (Å²) in [5.74, 6) is 1.60. The first-order valence-electron chi connectivity index (χ1n) is 11.2. The predicted octanol–water partition coefficient (Wildman–Crippen LogP) is 4.66. The van der Waals surface area contributed by atoms with E-state index in [2.05, 4.69) is 42.2 Å². The molecule has 2 fully saturated rings. The Labute approximate surface area is 179 Å². The second kappa shape index (κ2) is 11.1. The number of halogens is 1. The highest BCUT2D eigenvalue weighted by molar-refractivity contribution is 6.28. The highest BCUT2D eigenvalue weighted by atomic mass is 35.5. The lowest BCUT2D eigenvalue weighted by Gasteiger charge is -2.32. The molecule has 2 aromatic heterocycles. The van der Waals surface area contributed by atoms with Gasteiger partial charge in [-0.1, -0.05) is 39.0 Å². The molecule has 0 bridgehead atoms.